The Balaban J connectivity index is 2.13. The van der Waals surface area contributed by atoms with Crippen LogP contribution in [0.2, 0.25) is 0 Å². The molecule has 0 spiro atoms. The van der Waals surface area contributed by atoms with E-state index in [-0.39, 0.29) is 10.6 Å². The van der Waals surface area contributed by atoms with E-state index in [0.29, 0.717) is 11.3 Å². The summed E-state index contributed by atoms with van der Waals surface area (Å²) in [6.07, 6.45) is 0. The number of rotatable bonds is 7. The number of ether oxygens (including phenoxy) is 1. The first-order chi connectivity index (χ1) is 12.6. The highest BCUT2D eigenvalue weighted by Crippen LogP contribution is 2.24. The molecule has 2 amide bonds. The van der Waals surface area contributed by atoms with E-state index in [4.69, 9.17) is 10.5 Å². The maximum atomic E-state index is 12.6. The number of hydrogen-bond donors (Lipinski definition) is 3. The maximum absolute atomic E-state index is 12.6. The highest BCUT2D eigenvalue weighted by molar-refractivity contribution is 7.89. The molecule has 1 atom stereocenters. The van der Waals surface area contributed by atoms with E-state index in [2.05, 4.69) is 10.0 Å². The second kappa shape index (κ2) is 8.19. The van der Waals surface area contributed by atoms with Crippen LogP contribution < -0.4 is 20.5 Å². The van der Waals surface area contributed by atoms with Crippen molar-refractivity contribution >= 4 is 27.5 Å². The van der Waals surface area contributed by atoms with Crippen molar-refractivity contribution in [2.45, 2.75) is 24.8 Å². The van der Waals surface area contributed by atoms with Gasteiger partial charge in [-0.15, -0.1) is 0 Å². The van der Waals surface area contributed by atoms with Crippen LogP contribution in [0.5, 0.6) is 5.75 Å². The summed E-state index contributed by atoms with van der Waals surface area (Å²) in [5.74, 6) is -0.958. The van der Waals surface area contributed by atoms with Gasteiger partial charge in [0.15, 0.2) is 0 Å². The van der Waals surface area contributed by atoms with Crippen molar-refractivity contribution in [1.29, 1.82) is 0 Å². The van der Waals surface area contributed by atoms with E-state index in [0.717, 1.165) is 5.56 Å². The topological polar surface area (TPSA) is 128 Å². The number of aryl methyl sites for hydroxylation is 1. The summed E-state index contributed by atoms with van der Waals surface area (Å²) >= 11 is 0. The predicted octanol–water partition coefficient (Wildman–Crippen LogP) is 1.41. The molecule has 0 aromatic heterocycles. The average Bonchev–Trinajstić information content (AvgIpc) is 2.61. The summed E-state index contributed by atoms with van der Waals surface area (Å²) in [4.78, 5) is 23.3. The molecule has 2 rings (SSSR count). The molecule has 0 radical (unpaired) electrons. The van der Waals surface area contributed by atoms with Crippen LogP contribution in [0.15, 0.2) is 47.4 Å². The maximum Gasteiger partial charge on any atom is 0.248 e. The fraction of sp³-hybridized carbons (Fsp3) is 0.222. The Morgan fingerprint density at radius 3 is 2.30 bits per heavy atom. The van der Waals surface area contributed by atoms with Crippen molar-refractivity contribution in [1.82, 2.24) is 4.72 Å². The average molecular weight is 391 g/mol. The van der Waals surface area contributed by atoms with Crippen molar-refractivity contribution in [2.75, 3.05) is 12.4 Å². The quantitative estimate of drug-likeness (QED) is 0.657. The molecule has 0 fully saturated rings. The smallest absolute Gasteiger partial charge is 0.248 e. The van der Waals surface area contributed by atoms with E-state index >= 15 is 0 Å². The molecule has 9 heteroatoms. The summed E-state index contributed by atoms with van der Waals surface area (Å²) in [6, 6.07) is 9.63. The van der Waals surface area contributed by atoms with Gasteiger partial charge < -0.3 is 15.8 Å². The van der Waals surface area contributed by atoms with Gasteiger partial charge in [0, 0.05) is 11.3 Å². The minimum atomic E-state index is -3.98. The van der Waals surface area contributed by atoms with Crippen LogP contribution in [0.25, 0.3) is 0 Å². The standard InChI is InChI=1S/C18H21N3O5S/c1-11-4-9-15(26-3)16(10-11)27(24,25)21-12(2)18(23)20-14-7-5-13(6-8-14)17(19)22/h4-10,12,21H,1-3H3,(H2,19,22)(H,20,23). The summed E-state index contributed by atoms with van der Waals surface area (Å²) in [6.45, 7) is 3.18. The van der Waals surface area contributed by atoms with Crippen LogP contribution in [0.3, 0.4) is 0 Å². The third kappa shape index (κ3) is 5.05. The number of nitrogens with two attached hydrogens (primary N) is 1. The second-order valence-corrected chi connectivity index (χ2v) is 7.61. The minimum absolute atomic E-state index is 0.0459. The predicted molar refractivity (Wildman–Crippen MR) is 101 cm³/mol. The second-order valence-electron chi connectivity index (χ2n) is 5.93. The molecule has 2 aromatic carbocycles. The molecule has 0 bridgehead atoms. The first-order valence-electron chi connectivity index (χ1n) is 8.01. The van der Waals surface area contributed by atoms with Gasteiger partial charge in [0.25, 0.3) is 0 Å². The summed E-state index contributed by atoms with van der Waals surface area (Å²) in [5.41, 5.74) is 6.60. The lowest BCUT2D eigenvalue weighted by molar-refractivity contribution is -0.117. The highest BCUT2D eigenvalue weighted by Gasteiger charge is 2.25. The third-order valence-electron chi connectivity index (χ3n) is 3.77. The summed E-state index contributed by atoms with van der Waals surface area (Å²) < 4.78 is 32.7. The zero-order valence-corrected chi connectivity index (χ0v) is 16.0. The number of hydrogen-bond acceptors (Lipinski definition) is 5. The SMILES string of the molecule is COc1ccc(C)cc1S(=O)(=O)NC(C)C(=O)Nc1ccc(C(N)=O)cc1. The Bertz CT molecular complexity index is 955. The largest absolute Gasteiger partial charge is 0.495 e. The Morgan fingerprint density at radius 2 is 1.74 bits per heavy atom. The van der Waals surface area contributed by atoms with E-state index < -0.39 is 27.9 Å². The van der Waals surface area contributed by atoms with E-state index in [9.17, 15) is 18.0 Å². The molecule has 8 nitrogen and oxygen atoms in total. The molecular formula is C18H21N3O5S. The van der Waals surface area contributed by atoms with Gasteiger partial charge >= 0.3 is 0 Å². The Hall–Kier alpha value is -2.91. The number of amides is 2. The van der Waals surface area contributed by atoms with Crippen LogP contribution >= 0.6 is 0 Å². The van der Waals surface area contributed by atoms with Gasteiger partial charge in [-0.2, -0.15) is 4.72 Å². The van der Waals surface area contributed by atoms with Gasteiger partial charge in [0.2, 0.25) is 21.8 Å². The molecule has 0 aliphatic carbocycles. The number of anilines is 1. The highest BCUT2D eigenvalue weighted by atomic mass is 32.2. The molecule has 0 saturated heterocycles. The van der Waals surface area contributed by atoms with E-state index in [1.807, 2.05) is 0 Å². The lowest BCUT2D eigenvalue weighted by Crippen LogP contribution is -2.41. The first-order valence-corrected chi connectivity index (χ1v) is 9.50. The lowest BCUT2D eigenvalue weighted by atomic mass is 10.2. The van der Waals surface area contributed by atoms with Gasteiger partial charge in [-0.05, 0) is 55.8 Å². The molecule has 0 saturated carbocycles. The number of carbonyl (C=O) groups is 2. The number of sulfonamides is 1. The molecule has 1 unspecified atom stereocenters. The van der Waals surface area contributed by atoms with E-state index in [1.54, 1.807) is 19.1 Å². The monoisotopic (exact) mass is 391 g/mol. The minimum Gasteiger partial charge on any atom is -0.495 e. The van der Waals surface area contributed by atoms with Crippen molar-refractivity contribution in [3.05, 3.63) is 53.6 Å². The number of carbonyl (C=O) groups excluding carboxylic acids is 2. The van der Waals surface area contributed by atoms with Crippen LogP contribution in [0.4, 0.5) is 5.69 Å². The number of primary amides is 1. The number of benzene rings is 2. The first kappa shape index (κ1) is 20.4. The normalized spacial score (nSPS) is 12.3. The Morgan fingerprint density at radius 1 is 1.11 bits per heavy atom. The van der Waals surface area contributed by atoms with Crippen molar-refractivity contribution in [3.8, 4) is 5.75 Å². The van der Waals surface area contributed by atoms with Gasteiger partial charge in [-0.1, -0.05) is 6.07 Å². The zero-order chi connectivity index (χ0) is 20.2. The lowest BCUT2D eigenvalue weighted by Gasteiger charge is -2.16. The summed E-state index contributed by atoms with van der Waals surface area (Å²) in [5, 5.41) is 2.57. The van der Waals surface area contributed by atoms with Gasteiger partial charge in [0.05, 0.1) is 13.2 Å². The molecule has 0 aliphatic rings. The Labute approximate surface area is 157 Å². The van der Waals surface area contributed by atoms with Crippen LogP contribution in [0.1, 0.15) is 22.8 Å². The molecule has 27 heavy (non-hydrogen) atoms. The summed E-state index contributed by atoms with van der Waals surface area (Å²) in [7, 11) is -2.61. The van der Waals surface area contributed by atoms with Crippen LogP contribution in [0, 0.1) is 6.92 Å². The Kier molecular flexibility index (Phi) is 6.19. The van der Waals surface area contributed by atoms with Crippen LogP contribution in [-0.2, 0) is 14.8 Å². The molecule has 0 heterocycles. The van der Waals surface area contributed by atoms with Crippen molar-refractivity contribution in [3.63, 3.8) is 0 Å². The fourth-order valence-electron chi connectivity index (χ4n) is 2.31. The van der Waals surface area contributed by atoms with Crippen LogP contribution in [-0.4, -0.2) is 33.4 Å². The fourth-order valence-corrected chi connectivity index (χ4v) is 3.77. The van der Waals surface area contributed by atoms with Crippen molar-refractivity contribution in [2.24, 2.45) is 5.73 Å². The molecule has 0 aliphatic heterocycles. The third-order valence-corrected chi connectivity index (χ3v) is 5.33. The van der Waals surface area contributed by atoms with Gasteiger partial charge in [-0.3, -0.25) is 9.59 Å². The molecule has 2 aromatic rings. The molecule has 4 N–H and O–H groups in total. The van der Waals surface area contributed by atoms with E-state index in [1.165, 1.54) is 44.4 Å². The zero-order valence-electron chi connectivity index (χ0n) is 15.1. The molecular weight excluding hydrogens is 370 g/mol. The van der Waals surface area contributed by atoms with Gasteiger partial charge in [-0.25, -0.2) is 8.42 Å². The molecule has 144 valence electrons. The van der Waals surface area contributed by atoms with Gasteiger partial charge in [0.1, 0.15) is 10.6 Å². The van der Waals surface area contributed by atoms with Crippen molar-refractivity contribution < 1.29 is 22.7 Å². The number of nitrogens with one attached hydrogen (secondary N) is 2. The number of methoxy groups -OCH3 is 1.